The molecule has 0 aliphatic carbocycles. The predicted molar refractivity (Wildman–Crippen MR) is 44.3 cm³/mol. The van der Waals surface area contributed by atoms with Gasteiger partial charge in [0.2, 0.25) is 0 Å². The van der Waals surface area contributed by atoms with Crippen LogP contribution in [0.1, 0.15) is 0 Å². The van der Waals surface area contributed by atoms with Gasteiger partial charge in [0, 0.05) is 0 Å². The zero-order valence-corrected chi connectivity index (χ0v) is 12.4. The summed E-state index contributed by atoms with van der Waals surface area (Å²) >= 11 is 0. The first kappa shape index (κ1) is 21.4. The van der Waals surface area contributed by atoms with E-state index in [0.29, 0.717) is 0 Å². The Bertz CT molecular complexity index is 389. The standard InChI is InChI=1S/CH8O12P4.Fe/c2-14(3,4)1(15(5,6)7,16(8,9)10)17(11,12)13;/h(H2,2,3,4)(H2,5,6,7)(H2,8,9,10)(H2,11,12,13);/q;+3/p-3. The van der Waals surface area contributed by atoms with Gasteiger partial charge in [0.15, 0.2) is 7.60 Å². The summed E-state index contributed by atoms with van der Waals surface area (Å²) in [5.74, 6) is 0. The largest absolute Gasteiger partial charge is 3.00 e. The topological polar surface area (TPSA) is 239 Å². The molecule has 109 valence electrons. The smallest absolute Gasteiger partial charge is 0.809 e. The van der Waals surface area contributed by atoms with Crippen molar-refractivity contribution in [3.8, 4) is 0 Å². The molecule has 0 aromatic rings. The van der Waals surface area contributed by atoms with E-state index in [1.165, 1.54) is 0 Å². The van der Waals surface area contributed by atoms with E-state index in [1.807, 2.05) is 0 Å². The molecule has 17 heteroatoms. The molecule has 0 aliphatic heterocycles. The molecule has 0 spiro atoms. The summed E-state index contributed by atoms with van der Waals surface area (Å²) < 4.78 is 37.1. The van der Waals surface area contributed by atoms with Crippen molar-refractivity contribution < 1.29 is 74.5 Å². The van der Waals surface area contributed by atoms with Crippen LogP contribution < -0.4 is 14.7 Å². The molecule has 1 atom stereocenters. The van der Waals surface area contributed by atoms with Crippen molar-refractivity contribution in [2.75, 3.05) is 0 Å². The second kappa shape index (κ2) is 5.48. The van der Waals surface area contributed by atoms with Gasteiger partial charge in [0.05, 0.1) is 0 Å². The second-order valence-corrected chi connectivity index (χ2v) is 11.7. The molecule has 1 radical (unpaired) electrons. The summed E-state index contributed by atoms with van der Waals surface area (Å²) in [5.41, 5.74) is 0. The maximum Gasteiger partial charge on any atom is 3.00 e. The average molecular weight is 389 g/mol. The Hall–Kier alpha value is 1.12. The molecule has 1 unspecified atom stereocenters. The number of rotatable bonds is 4. The fraction of sp³-hybridized carbons (Fsp3) is 1.00. The number of hydrogen-bond donors (Lipinski definition) is 5. The van der Waals surface area contributed by atoms with Gasteiger partial charge >= 0.3 is 32.3 Å². The zero-order valence-electron chi connectivity index (χ0n) is 7.74. The van der Waals surface area contributed by atoms with Gasteiger partial charge in [-0.1, -0.05) is 0 Å². The van der Waals surface area contributed by atoms with E-state index in [2.05, 4.69) is 0 Å². The maximum atomic E-state index is 10.7. The van der Waals surface area contributed by atoms with Gasteiger partial charge in [0.25, 0.3) is 4.38 Å². The van der Waals surface area contributed by atoms with E-state index in [4.69, 9.17) is 24.5 Å². The third-order valence-corrected chi connectivity index (χ3v) is 13.8. The van der Waals surface area contributed by atoms with Crippen molar-refractivity contribution >= 4 is 30.4 Å². The fourth-order valence-electron chi connectivity index (χ4n) is 0.973. The van der Waals surface area contributed by atoms with Crippen LogP contribution in [0.4, 0.5) is 0 Å². The van der Waals surface area contributed by atoms with Crippen LogP contribution in [0.15, 0.2) is 0 Å². The summed E-state index contributed by atoms with van der Waals surface area (Å²) in [6.45, 7) is 0. The van der Waals surface area contributed by atoms with Crippen LogP contribution in [0.3, 0.4) is 0 Å². The molecular weight excluding hydrogens is 384 g/mol. The summed E-state index contributed by atoms with van der Waals surface area (Å²) in [7, 11) is -27.6. The maximum absolute atomic E-state index is 10.7. The molecule has 12 nitrogen and oxygen atoms in total. The van der Waals surface area contributed by atoms with Gasteiger partial charge in [-0.2, -0.15) is 0 Å². The Balaban J connectivity index is 0. The van der Waals surface area contributed by atoms with Crippen LogP contribution in [0.5, 0.6) is 0 Å². The van der Waals surface area contributed by atoms with Crippen molar-refractivity contribution in [3.63, 3.8) is 0 Å². The summed E-state index contributed by atoms with van der Waals surface area (Å²) in [4.78, 5) is 73.9. The summed E-state index contributed by atoms with van der Waals surface area (Å²) in [5, 5.41) is 0. The van der Waals surface area contributed by atoms with Gasteiger partial charge in [0.1, 0.15) is 0 Å². The molecule has 0 aromatic carbocycles. The third-order valence-electron chi connectivity index (χ3n) is 1.53. The van der Waals surface area contributed by atoms with Crippen molar-refractivity contribution in [2.24, 2.45) is 0 Å². The van der Waals surface area contributed by atoms with Crippen LogP contribution in [0.25, 0.3) is 0 Å². The summed E-state index contributed by atoms with van der Waals surface area (Å²) in [6, 6.07) is 0. The van der Waals surface area contributed by atoms with Gasteiger partial charge in [-0.25, -0.2) is 0 Å². The molecule has 0 saturated carbocycles. The molecule has 0 aliphatic rings. The SMILES string of the molecule is O=P([O-])([O-])C(P(=O)([O-])O)(P(=O)(O)O)P(=O)(O)O.[Fe+3]. The quantitative estimate of drug-likeness (QED) is 0.232. The van der Waals surface area contributed by atoms with Gasteiger partial charge in [-0.3, -0.25) is 9.13 Å². The fourth-order valence-corrected chi connectivity index (χ4v) is 8.76. The second-order valence-electron chi connectivity index (χ2n) is 2.71. The zero-order chi connectivity index (χ0) is 14.5. The molecule has 0 amide bonds. The predicted octanol–water partition coefficient (Wildman–Crippen LogP) is -3.59. The van der Waals surface area contributed by atoms with Crippen molar-refractivity contribution in [1.82, 2.24) is 0 Å². The number of hydrogen-bond acceptors (Lipinski definition) is 7. The summed E-state index contributed by atoms with van der Waals surface area (Å²) in [6.07, 6.45) is 0. The Labute approximate surface area is 110 Å². The van der Waals surface area contributed by atoms with Crippen molar-refractivity contribution in [1.29, 1.82) is 0 Å². The van der Waals surface area contributed by atoms with Crippen LogP contribution in [0, 0.1) is 0 Å². The normalized spacial score (nSPS) is 17.8. The first-order valence-electron chi connectivity index (χ1n) is 3.17. The molecule has 0 aromatic heterocycles. The van der Waals surface area contributed by atoms with Crippen molar-refractivity contribution in [2.45, 2.75) is 4.38 Å². The minimum Gasteiger partial charge on any atom is -0.809 e. The van der Waals surface area contributed by atoms with E-state index in [-0.39, 0.29) is 17.1 Å². The van der Waals surface area contributed by atoms with Gasteiger partial charge in [-0.05, 0) is 7.60 Å². The van der Waals surface area contributed by atoms with E-state index in [0.717, 1.165) is 0 Å². The molecule has 5 N–H and O–H groups in total. The molecule has 0 rings (SSSR count). The third kappa shape index (κ3) is 3.23. The minimum atomic E-state index is -7.12. The van der Waals surface area contributed by atoms with E-state index in [9.17, 15) is 32.9 Å². The van der Waals surface area contributed by atoms with Gasteiger partial charge in [-0.15, -0.1) is 0 Å². The molecule has 0 fully saturated rings. The first-order valence-corrected chi connectivity index (χ1v) is 9.52. The first-order chi connectivity index (χ1) is 7.00. The Morgan fingerprint density at radius 1 is 0.722 bits per heavy atom. The Kier molecular flexibility index (Phi) is 6.52. The average Bonchev–Trinajstić information content (AvgIpc) is 1.67. The molecule has 0 heterocycles. The molecule has 0 bridgehead atoms. The van der Waals surface area contributed by atoms with Crippen LogP contribution in [-0.2, 0) is 35.3 Å². The van der Waals surface area contributed by atoms with E-state index in [1.54, 1.807) is 0 Å². The molecular formula is CH5FeO12P4. The van der Waals surface area contributed by atoms with Crippen LogP contribution in [-0.4, -0.2) is 28.8 Å². The minimum absolute atomic E-state index is 0. The molecule has 18 heavy (non-hydrogen) atoms. The van der Waals surface area contributed by atoms with Crippen LogP contribution >= 0.6 is 30.4 Å². The van der Waals surface area contributed by atoms with Crippen molar-refractivity contribution in [3.05, 3.63) is 0 Å². The van der Waals surface area contributed by atoms with Crippen LogP contribution in [0.2, 0.25) is 0 Å². The Morgan fingerprint density at radius 2 is 0.944 bits per heavy atom. The van der Waals surface area contributed by atoms with E-state index >= 15 is 0 Å². The Morgan fingerprint density at radius 3 is 0.944 bits per heavy atom. The molecule has 0 saturated heterocycles. The van der Waals surface area contributed by atoms with Gasteiger partial charge < -0.3 is 48.3 Å². The van der Waals surface area contributed by atoms with E-state index < -0.39 is 34.8 Å². The monoisotopic (exact) mass is 389 g/mol.